The van der Waals surface area contributed by atoms with E-state index in [1.807, 2.05) is 35.2 Å². The Hall–Kier alpha value is -4.31. The number of amides is 1. The molecule has 1 aliphatic heterocycles. The molecule has 1 amide bonds. The lowest BCUT2D eigenvalue weighted by Crippen LogP contribution is -2.49. The van der Waals surface area contributed by atoms with Crippen LogP contribution in [0.5, 0.6) is 11.5 Å². The normalized spacial score (nSPS) is 13.9. The number of halogens is 2. The van der Waals surface area contributed by atoms with Crippen LogP contribution < -0.4 is 19.7 Å². The van der Waals surface area contributed by atoms with Crippen molar-refractivity contribution in [1.29, 1.82) is 0 Å². The molecule has 4 aromatic rings. The first-order chi connectivity index (χ1) is 18.9. The molecule has 1 aliphatic rings. The zero-order valence-electron chi connectivity index (χ0n) is 21.8. The summed E-state index contributed by atoms with van der Waals surface area (Å²) < 4.78 is 37.8. The van der Waals surface area contributed by atoms with Crippen molar-refractivity contribution >= 4 is 28.2 Å². The average Bonchev–Trinajstić information content (AvgIpc) is 2.95. The number of carbonyl (C=O) groups is 1. The van der Waals surface area contributed by atoms with E-state index in [0.717, 1.165) is 40.0 Å². The quantitative estimate of drug-likeness (QED) is 0.362. The van der Waals surface area contributed by atoms with Gasteiger partial charge in [-0.25, -0.2) is 8.78 Å². The molecule has 1 saturated heterocycles. The molecular weight excluding hydrogens is 504 g/mol. The monoisotopic (exact) mass is 533 g/mol. The Kier molecular flexibility index (Phi) is 7.83. The van der Waals surface area contributed by atoms with E-state index in [4.69, 9.17) is 9.47 Å². The summed E-state index contributed by atoms with van der Waals surface area (Å²) in [7, 11) is 3.21. The maximum atomic E-state index is 13.5. The molecule has 0 unspecified atom stereocenters. The lowest BCUT2D eigenvalue weighted by Gasteiger charge is -2.35. The number of nitrogens with zero attached hydrogens (tertiary/aromatic N) is 4. The second kappa shape index (κ2) is 11.6. The number of carbonyl (C=O) groups excluding carboxylic acids is 1. The van der Waals surface area contributed by atoms with Gasteiger partial charge in [-0.2, -0.15) is 5.10 Å². The van der Waals surface area contributed by atoms with Crippen LogP contribution in [0.4, 0.5) is 20.3 Å². The number of rotatable bonds is 8. The van der Waals surface area contributed by atoms with E-state index >= 15 is 0 Å². The van der Waals surface area contributed by atoms with Crippen LogP contribution in [0, 0.1) is 11.6 Å². The van der Waals surface area contributed by atoms with Gasteiger partial charge in [-0.1, -0.05) is 30.3 Å². The molecule has 10 heteroatoms. The maximum Gasteiger partial charge on any atom is 0.238 e. The molecule has 1 aromatic heterocycles. The molecule has 1 N–H and O–H groups in total. The molecule has 0 saturated carbocycles. The maximum absolute atomic E-state index is 13.5. The summed E-state index contributed by atoms with van der Waals surface area (Å²) in [5.41, 5.74) is 2.19. The van der Waals surface area contributed by atoms with Crippen LogP contribution in [0.3, 0.4) is 0 Å². The van der Waals surface area contributed by atoms with E-state index in [1.165, 1.54) is 6.07 Å². The Labute approximate surface area is 225 Å². The Morgan fingerprint density at radius 1 is 0.872 bits per heavy atom. The van der Waals surface area contributed by atoms with Crippen molar-refractivity contribution in [3.63, 3.8) is 0 Å². The third-order valence-electron chi connectivity index (χ3n) is 6.80. The summed E-state index contributed by atoms with van der Waals surface area (Å²) >= 11 is 0. The van der Waals surface area contributed by atoms with Crippen molar-refractivity contribution in [2.24, 2.45) is 0 Å². The molecule has 0 radical (unpaired) electrons. The number of hydrogen-bond acceptors (Lipinski definition) is 7. The van der Waals surface area contributed by atoms with Crippen LogP contribution in [0.1, 0.15) is 11.3 Å². The molecule has 5 rings (SSSR count). The highest BCUT2D eigenvalue weighted by molar-refractivity contribution is 5.96. The first-order valence-electron chi connectivity index (χ1n) is 12.6. The van der Waals surface area contributed by atoms with E-state index < -0.39 is 11.6 Å². The zero-order chi connectivity index (χ0) is 27.4. The Morgan fingerprint density at radius 3 is 2.23 bits per heavy atom. The molecule has 3 aromatic carbocycles. The van der Waals surface area contributed by atoms with Crippen molar-refractivity contribution in [2.45, 2.75) is 6.42 Å². The van der Waals surface area contributed by atoms with Crippen LogP contribution in [0.15, 0.2) is 60.7 Å². The summed E-state index contributed by atoms with van der Waals surface area (Å²) in [5, 5.41) is 13.7. The van der Waals surface area contributed by atoms with Gasteiger partial charge in [0.2, 0.25) is 5.91 Å². The van der Waals surface area contributed by atoms with Crippen molar-refractivity contribution < 1.29 is 23.0 Å². The summed E-state index contributed by atoms with van der Waals surface area (Å²) in [6.45, 7) is 2.64. The smallest absolute Gasteiger partial charge is 0.238 e. The SMILES string of the molecule is COc1cc2c(Cc3ccccc3)nnc(N3CCN(CC(=O)Nc4ccc(F)c(F)c4)CC3)c2cc1OC. The standard InChI is InChI=1S/C29H29F2N5O3/c1-38-26-16-21-22(17-27(26)39-2)29(34-33-25(21)14-19-6-4-3-5-7-19)36-12-10-35(11-13-36)18-28(37)32-20-8-9-23(30)24(31)15-20/h3-9,15-17H,10-14,18H2,1-2H3,(H,32,37). The van der Waals surface area contributed by atoms with Gasteiger partial charge in [0.05, 0.1) is 26.5 Å². The van der Waals surface area contributed by atoms with Crippen molar-refractivity contribution in [3.8, 4) is 11.5 Å². The molecule has 0 bridgehead atoms. The van der Waals surface area contributed by atoms with Gasteiger partial charge in [-0.05, 0) is 29.8 Å². The topological polar surface area (TPSA) is 79.8 Å². The van der Waals surface area contributed by atoms with E-state index in [1.54, 1.807) is 14.2 Å². The zero-order valence-corrected chi connectivity index (χ0v) is 21.8. The van der Waals surface area contributed by atoms with Gasteiger partial charge in [0.25, 0.3) is 0 Å². The largest absolute Gasteiger partial charge is 0.493 e. The highest BCUT2D eigenvalue weighted by Crippen LogP contribution is 2.37. The second-order valence-electron chi connectivity index (χ2n) is 9.33. The summed E-state index contributed by atoms with van der Waals surface area (Å²) in [4.78, 5) is 16.6. The highest BCUT2D eigenvalue weighted by Gasteiger charge is 2.24. The molecule has 8 nitrogen and oxygen atoms in total. The van der Waals surface area contributed by atoms with Gasteiger partial charge in [0.1, 0.15) is 0 Å². The lowest BCUT2D eigenvalue weighted by atomic mass is 10.0. The number of fused-ring (bicyclic) bond motifs is 1. The summed E-state index contributed by atoms with van der Waals surface area (Å²) in [6, 6.07) is 17.3. The van der Waals surface area contributed by atoms with Gasteiger partial charge < -0.3 is 19.7 Å². The highest BCUT2D eigenvalue weighted by atomic mass is 19.2. The molecule has 202 valence electrons. The molecule has 39 heavy (non-hydrogen) atoms. The molecule has 0 atom stereocenters. The fraction of sp³-hybridized carbons (Fsp3) is 0.276. The summed E-state index contributed by atoms with van der Waals surface area (Å²) in [6.07, 6.45) is 0.626. The van der Waals surface area contributed by atoms with Crippen LogP contribution in [-0.2, 0) is 11.2 Å². The van der Waals surface area contributed by atoms with Crippen LogP contribution in [0.2, 0.25) is 0 Å². The van der Waals surface area contributed by atoms with Gasteiger partial charge in [-0.15, -0.1) is 5.10 Å². The predicted molar refractivity (Wildman–Crippen MR) is 146 cm³/mol. The number of methoxy groups -OCH3 is 2. The number of hydrogen-bond donors (Lipinski definition) is 1. The third kappa shape index (κ3) is 5.91. The third-order valence-corrected chi connectivity index (χ3v) is 6.80. The second-order valence-corrected chi connectivity index (χ2v) is 9.33. The molecule has 2 heterocycles. The number of benzene rings is 3. The Balaban J connectivity index is 1.33. The number of anilines is 2. The van der Waals surface area contributed by atoms with E-state index in [2.05, 4.69) is 32.5 Å². The van der Waals surface area contributed by atoms with E-state index in [9.17, 15) is 13.6 Å². The van der Waals surface area contributed by atoms with Crippen molar-refractivity contribution in [1.82, 2.24) is 15.1 Å². The lowest BCUT2D eigenvalue weighted by molar-refractivity contribution is -0.117. The molecule has 0 aliphatic carbocycles. The van der Waals surface area contributed by atoms with Gasteiger partial charge >= 0.3 is 0 Å². The number of nitrogens with one attached hydrogen (secondary N) is 1. The minimum atomic E-state index is -1.00. The molecule has 1 fully saturated rings. The number of ether oxygens (including phenoxy) is 2. The molecule has 0 spiro atoms. The Morgan fingerprint density at radius 2 is 1.56 bits per heavy atom. The van der Waals surface area contributed by atoms with Crippen molar-refractivity contribution in [2.75, 3.05) is 57.2 Å². The predicted octanol–water partition coefficient (Wildman–Crippen LogP) is 4.28. The van der Waals surface area contributed by atoms with Crippen LogP contribution in [-0.4, -0.2) is 67.9 Å². The number of aromatic nitrogens is 2. The minimum Gasteiger partial charge on any atom is -0.493 e. The van der Waals surface area contributed by atoms with Gasteiger partial charge in [0.15, 0.2) is 29.0 Å². The van der Waals surface area contributed by atoms with Gasteiger partial charge in [0, 0.05) is 55.1 Å². The molecular formula is C29H29F2N5O3. The van der Waals surface area contributed by atoms with Crippen LogP contribution >= 0.6 is 0 Å². The van der Waals surface area contributed by atoms with Crippen molar-refractivity contribution in [3.05, 3.63) is 83.6 Å². The Bertz CT molecular complexity index is 1480. The van der Waals surface area contributed by atoms with E-state index in [-0.39, 0.29) is 18.1 Å². The average molecular weight is 534 g/mol. The van der Waals surface area contributed by atoms with Gasteiger partial charge in [-0.3, -0.25) is 9.69 Å². The fourth-order valence-corrected chi connectivity index (χ4v) is 4.77. The van der Waals surface area contributed by atoms with E-state index in [0.29, 0.717) is 44.1 Å². The fourth-order valence-electron chi connectivity index (χ4n) is 4.77. The first-order valence-corrected chi connectivity index (χ1v) is 12.6. The summed E-state index contributed by atoms with van der Waals surface area (Å²) in [5.74, 6) is -0.272. The number of piperazine rings is 1. The minimum absolute atomic E-state index is 0.139. The van der Waals surface area contributed by atoms with Crippen LogP contribution in [0.25, 0.3) is 10.8 Å². The first kappa shape index (κ1) is 26.3.